The third-order valence-electron chi connectivity index (χ3n) is 3.55. The average molecular weight is 223 g/mol. The highest BCUT2D eigenvalue weighted by atomic mass is 16.3. The smallest absolute Gasteiger partial charge is 0.120 e. The molecule has 1 aliphatic rings. The van der Waals surface area contributed by atoms with E-state index >= 15 is 0 Å². The van der Waals surface area contributed by atoms with E-state index < -0.39 is 0 Å². The summed E-state index contributed by atoms with van der Waals surface area (Å²) in [5, 5.41) is 13.3. The molecule has 0 aromatic carbocycles. The molecule has 1 saturated carbocycles. The van der Waals surface area contributed by atoms with Crippen molar-refractivity contribution in [2.75, 3.05) is 6.54 Å². The van der Waals surface area contributed by atoms with Crippen molar-refractivity contribution in [2.24, 2.45) is 5.92 Å². The molecule has 1 fully saturated rings. The van der Waals surface area contributed by atoms with Crippen molar-refractivity contribution in [1.29, 1.82) is 0 Å². The Bertz CT molecular complexity index is 291. The van der Waals surface area contributed by atoms with Gasteiger partial charge in [0, 0.05) is 6.54 Å². The summed E-state index contributed by atoms with van der Waals surface area (Å²) in [6.45, 7) is 2.72. The highest BCUT2D eigenvalue weighted by Gasteiger charge is 2.23. The minimum atomic E-state index is -0.208. The van der Waals surface area contributed by atoms with Gasteiger partial charge < -0.3 is 14.8 Å². The maximum Gasteiger partial charge on any atom is 0.120 e. The van der Waals surface area contributed by atoms with Crippen LogP contribution in [0.3, 0.4) is 0 Å². The topological polar surface area (TPSA) is 45.4 Å². The van der Waals surface area contributed by atoms with Crippen molar-refractivity contribution in [3.8, 4) is 0 Å². The summed E-state index contributed by atoms with van der Waals surface area (Å²) in [4.78, 5) is 0. The lowest BCUT2D eigenvalue weighted by molar-refractivity contribution is 0.106. The number of furan rings is 1. The van der Waals surface area contributed by atoms with Crippen molar-refractivity contribution >= 4 is 0 Å². The van der Waals surface area contributed by atoms with Crippen LogP contribution >= 0.6 is 0 Å². The fourth-order valence-electron chi connectivity index (χ4n) is 2.44. The lowest BCUT2D eigenvalue weighted by Crippen LogP contribution is -2.33. The second kappa shape index (κ2) is 5.51. The van der Waals surface area contributed by atoms with E-state index in [4.69, 9.17) is 4.42 Å². The second-order valence-corrected chi connectivity index (χ2v) is 4.76. The summed E-state index contributed by atoms with van der Waals surface area (Å²) in [5.41, 5.74) is 0. The van der Waals surface area contributed by atoms with Gasteiger partial charge in [-0.25, -0.2) is 0 Å². The van der Waals surface area contributed by atoms with Crippen LogP contribution in [0.15, 0.2) is 22.8 Å². The van der Waals surface area contributed by atoms with Crippen molar-refractivity contribution in [3.05, 3.63) is 24.2 Å². The van der Waals surface area contributed by atoms with Crippen LogP contribution in [0.2, 0.25) is 0 Å². The molecule has 2 rings (SSSR count). The molecule has 3 heteroatoms. The third-order valence-corrected chi connectivity index (χ3v) is 3.55. The Kier molecular flexibility index (Phi) is 4.02. The lowest BCUT2D eigenvalue weighted by atomic mass is 10.0. The molecule has 2 atom stereocenters. The molecule has 2 N–H and O–H groups in total. The Morgan fingerprint density at radius 3 is 2.88 bits per heavy atom. The minimum absolute atomic E-state index is 0.172. The molecular weight excluding hydrogens is 202 g/mol. The van der Waals surface area contributed by atoms with E-state index in [1.165, 1.54) is 25.7 Å². The molecule has 16 heavy (non-hydrogen) atoms. The minimum Gasteiger partial charge on any atom is -0.468 e. The molecule has 0 aliphatic heterocycles. The molecule has 0 saturated heterocycles. The number of hydrogen-bond donors (Lipinski definition) is 2. The largest absolute Gasteiger partial charge is 0.468 e. The molecule has 1 aromatic rings. The summed E-state index contributed by atoms with van der Waals surface area (Å²) >= 11 is 0. The molecule has 1 heterocycles. The average Bonchev–Trinajstić information content (AvgIpc) is 2.95. The molecule has 0 amide bonds. The van der Waals surface area contributed by atoms with Gasteiger partial charge in [0.15, 0.2) is 0 Å². The maximum absolute atomic E-state index is 10.0. The fraction of sp³-hybridized carbons (Fsp3) is 0.692. The molecule has 90 valence electrons. The Morgan fingerprint density at radius 1 is 1.50 bits per heavy atom. The van der Waals surface area contributed by atoms with E-state index in [0.29, 0.717) is 12.5 Å². The Morgan fingerprint density at radius 2 is 2.25 bits per heavy atom. The highest BCUT2D eigenvalue weighted by molar-refractivity contribution is 5.02. The van der Waals surface area contributed by atoms with Gasteiger partial charge in [0.05, 0.1) is 18.4 Å². The molecular formula is C13H21NO2. The first-order chi connectivity index (χ1) is 7.77. The van der Waals surface area contributed by atoms with Gasteiger partial charge in [-0.2, -0.15) is 0 Å². The van der Waals surface area contributed by atoms with Crippen LogP contribution in [0.4, 0.5) is 0 Å². The SMILES string of the molecule is CC(NCC(O)C1CCCC1)c1ccco1. The fourth-order valence-corrected chi connectivity index (χ4v) is 2.44. The first kappa shape index (κ1) is 11.7. The van der Waals surface area contributed by atoms with Crippen LogP contribution in [0.25, 0.3) is 0 Å². The molecule has 0 spiro atoms. The summed E-state index contributed by atoms with van der Waals surface area (Å²) in [5.74, 6) is 1.43. The predicted octanol–water partition coefficient (Wildman–Crippen LogP) is 2.48. The van der Waals surface area contributed by atoms with Crippen molar-refractivity contribution in [2.45, 2.75) is 44.8 Å². The van der Waals surface area contributed by atoms with Crippen LogP contribution in [0.1, 0.15) is 44.4 Å². The van der Waals surface area contributed by atoms with Crippen molar-refractivity contribution < 1.29 is 9.52 Å². The van der Waals surface area contributed by atoms with E-state index in [0.717, 1.165) is 5.76 Å². The Balaban J connectivity index is 1.74. The highest BCUT2D eigenvalue weighted by Crippen LogP contribution is 2.27. The van der Waals surface area contributed by atoms with Gasteiger partial charge in [-0.15, -0.1) is 0 Å². The van der Waals surface area contributed by atoms with Crippen LogP contribution < -0.4 is 5.32 Å². The molecule has 2 unspecified atom stereocenters. The van der Waals surface area contributed by atoms with Gasteiger partial charge in [-0.1, -0.05) is 12.8 Å². The normalized spacial score (nSPS) is 21.1. The van der Waals surface area contributed by atoms with E-state index in [1.54, 1.807) is 6.26 Å². The molecule has 1 aromatic heterocycles. The first-order valence-corrected chi connectivity index (χ1v) is 6.22. The number of nitrogens with one attached hydrogen (secondary N) is 1. The zero-order valence-corrected chi connectivity index (χ0v) is 9.86. The monoisotopic (exact) mass is 223 g/mol. The summed E-state index contributed by atoms with van der Waals surface area (Å²) in [6.07, 6.45) is 6.38. The Labute approximate surface area is 96.8 Å². The molecule has 0 radical (unpaired) electrons. The van der Waals surface area contributed by atoms with Gasteiger partial charge in [0.2, 0.25) is 0 Å². The van der Waals surface area contributed by atoms with Gasteiger partial charge >= 0.3 is 0 Å². The summed E-state index contributed by atoms with van der Waals surface area (Å²) < 4.78 is 5.31. The zero-order chi connectivity index (χ0) is 11.4. The summed E-state index contributed by atoms with van der Waals surface area (Å²) in [6, 6.07) is 4.02. The molecule has 3 nitrogen and oxygen atoms in total. The number of aliphatic hydroxyl groups is 1. The standard InChI is InChI=1S/C13H21NO2/c1-10(13-7-4-8-16-13)14-9-12(15)11-5-2-3-6-11/h4,7-8,10-12,14-15H,2-3,5-6,9H2,1H3. The first-order valence-electron chi connectivity index (χ1n) is 6.22. The van der Waals surface area contributed by atoms with Crippen LogP contribution in [-0.4, -0.2) is 17.8 Å². The van der Waals surface area contributed by atoms with E-state index in [-0.39, 0.29) is 12.1 Å². The van der Waals surface area contributed by atoms with Crippen LogP contribution in [-0.2, 0) is 0 Å². The van der Waals surface area contributed by atoms with E-state index in [2.05, 4.69) is 12.2 Å². The quantitative estimate of drug-likeness (QED) is 0.806. The van der Waals surface area contributed by atoms with Crippen molar-refractivity contribution in [1.82, 2.24) is 5.32 Å². The maximum atomic E-state index is 10.0. The molecule has 0 bridgehead atoms. The Hall–Kier alpha value is -0.800. The predicted molar refractivity (Wildman–Crippen MR) is 63.1 cm³/mol. The summed E-state index contributed by atoms with van der Waals surface area (Å²) in [7, 11) is 0. The van der Waals surface area contributed by atoms with Crippen LogP contribution in [0.5, 0.6) is 0 Å². The van der Waals surface area contributed by atoms with E-state index in [1.807, 2.05) is 12.1 Å². The number of hydrogen-bond acceptors (Lipinski definition) is 3. The molecule has 1 aliphatic carbocycles. The third kappa shape index (κ3) is 2.86. The van der Waals surface area contributed by atoms with Crippen molar-refractivity contribution in [3.63, 3.8) is 0 Å². The lowest BCUT2D eigenvalue weighted by Gasteiger charge is -2.20. The number of rotatable bonds is 5. The van der Waals surface area contributed by atoms with Gasteiger partial charge in [0.1, 0.15) is 5.76 Å². The van der Waals surface area contributed by atoms with Gasteiger partial charge in [-0.05, 0) is 37.8 Å². The van der Waals surface area contributed by atoms with Gasteiger partial charge in [-0.3, -0.25) is 0 Å². The van der Waals surface area contributed by atoms with Gasteiger partial charge in [0.25, 0.3) is 0 Å². The zero-order valence-electron chi connectivity index (χ0n) is 9.86. The van der Waals surface area contributed by atoms with E-state index in [9.17, 15) is 5.11 Å². The second-order valence-electron chi connectivity index (χ2n) is 4.76. The van der Waals surface area contributed by atoms with Crippen LogP contribution in [0, 0.1) is 5.92 Å². The number of aliphatic hydroxyl groups excluding tert-OH is 1.